The number of aliphatic hydroxyl groups is 1. The number of aliphatic hydroxyl groups excluding tert-OH is 1. The minimum atomic E-state index is -3.82. The maximum Gasteiger partial charge on any atom is 0.339 e. The molecule has 0 heterocycles. The summed E-state index contributed by atoms with van der Waals surface area (Å²) >= 11 is 0. The Morgan fingerprint density at radius 1 is 1.42 bits per heavy atom. The average Bonchev–Trinajstić information content (AvgIpc) is 2.30. The first-order valence-corrected chi connectivity index (χ1v) is 4.70. The number of halogens is 4. The number of benzene rings is 1. The molecule has 0 radical (unpaired) electrons. The van der Waals surface area contributed by atoms with Gasteiger partial charge >= 0.3 is 5.97 Å². The molecular weight excluding hydrogens is 291 g/mol. The SMILES string of the molecule is Cl.N[C@@H](c1cc(F)cc(C(=O)O)c1O)C(F)(F)CO. The van der Waals surface area contributed by atoms with Crippen molar-refractivity contribution in [2.75, 3.05) is 6.61 Å². The molecule has 1 atom stereocenters. The lowest BCUT2D eigenvalue weighted by molar-refractivity contribution is -0.0716. The van der Waals surface area contributed by atoms with Crippen LogP contribution >= 0.6 is 12.4 Å². The van der Waals surface area contributed by atoms with Crippen molar-refractivity contribution in [2.24, 2.45) is 5.73 Å². The maximum absolute atomic E-state index is 13.1. The molecule has 0 amide bonds. The van der Waals surface area contributed by atoms with Crippen molar-refractivity contribution < 1.29 is 33.3 Å². The summed E-state index contributed by atoms with van der Waals surface area (Å²) in [5.74, 6) is -7.69. The van der Waals surface area contributed by atoms with E-state index in [0.717, 1.165) is 0 Å². The number of hydrogen-bond acceptors (Lipinski definition) is 4. The van der Waals surface area contributed by atoms with E-state index >= 15 is 0 Å². The number of phenols is 1. The molecule has 0 bridgehead atoms. The molecule has 5 N–H and O–H groups in total. The first kappa shape index (κ1) is 17.5. The van der Waals surface area contributed by atoms with E-state index in [1.54, 1.807) is 0 Å². The summed E-state index contributed by atoms with van der Waals surface area (Å²) in [6.07, 6.45) is 0. The number of alkyl halides is 2. The highest BCUT2D eigenvalue weighted by Crippen LogP contribution is 2.36. The third kappa shape index (κ3) is 3.49. The maximum atomic E-state index is 13.1. The third-order valence-electron chi connectivity index (χ3n) is 2.34. The Kier molecular flexibility index (Phi) is 5.61. The number of carboxylic acid groups (broad SMARTS) is 1. The van der Waals surface area contributed by atoms with Gasteiger partial charge in [-0.1, -0.05) is 0 Å². The molecule has 0 saturated heterocycles. The summed E-state index contributed by atoms with van der Waals surface area (Å²) in [6.45, 7) is -1.62. The monoisotopic (exact) mass is 301 g/mol. The van der Waals surface area contributed by atoms with Crippen LogP contribution in [0.25, 0.3) is 0 Å². The quantitative estimate of drug-likeness (QED) is 0.670. The summed E-state index contributed by atoms with van der Waals surface area (Å²) < 4.78 is 39.3. The number of nitrogens with two attached hydrogens (primary N) is 1. The summed E-state index contributed by atoms with van der Waals surface area (Å²) in [7, 11) is 0. The summed E-state index contributed by atoms with van der Waals surface area (Å²) in [5, 5.41) is 26.6. The van der Waals surface area contributed by atoms with E-state index in [1.165, 1.54) is 0 Å². The molecule has 0 saturated carbocycles. The molecule has 19 heavy (non-hydrogen) atoms. The third-order valence-corrected chi connectivity index (χ3v) is 2.34. The van der Waals surface area contributed by atoms with E-state index in [0.29, 0.717) is 12.1 Å². The summed E-state index contributed by atoms with van der Waals surface area (Å²) in [5.41, 5.74) is 3.43. The van der Waals surface area contributed by atoms with Gasteiger partial charge in [0, 0.05) is 5.56 Å². The van der Waals surface area contributed by atoms with Gasteiger partial charge < -0.3 is 21.1 Å². The molecule has 0 aromatic heterocycles. The topological polar surface area (TPSA) is 104 Å². The van der Waals surface area contributed by atoms with Crippen molar-refractivity contribution >= 4 is 18.4 Å². The van der Waals surface area contributed by atoms with Crippen LogP contribution in [0.2, 0.25) is 0 Å². The number of carboxylic acids is 1. The highest BCUT2D eigenvalue weighted by Gasteiger charge is 2.39. The second-order valence-electron chi connectivity index (χ2n) is 3.59. The molecule has 0 aliphatic heterocycles. The number of carbonyl (C=O) groups is 1. The second-order valence-corrected chi connectivity index (χ2v) is 3.59. The van der Waals surface area contributed by atoms with Crippen LogP contribution in [0.3, 0.4) is 0 Å². The van der Waals surface area contributed by atoms with Gasteiger partial charge in [0.15, 0.2) is 0 Å². The highest BCUT2D eigenvalue weighted by atomic mass is 35.5. The minimum absolute atomic E-state index is 0. The lowest BCUT2D eigenvalue weighted by Gasteiger charge is -2.22. The van der Waals surface area contributed by atoms with Crippen LogP contribution in [0.1, 0.15) is 22.0 Å². The van der Waals surface area contributed by atoms with Crippen LogP contribution in [0.4, 0.5) is 13.2 Å². The van der Waals surface area contributed by atoms with Crippen molar-refractivity contribution in [1.29, 1.82) is 0 Å². The summed E-state index contributed by atoms with van der Waals surface area (Å²) in [4.78, 5) is 10.7. The predicted octanol–water partition coefficient (Wildman–Crippen LogP) is 1.28. The van der Waals surface area contributed by atoms with E-state index < -0.39 is 47.2 Å². The highest BCUT2D eigenvalue weighted by molar-refractivity contribution is 5.91. The fourth-order valence-corrected chi connectivity index (χ4v) is 1.35. The molecule has 0 unspecified atom stereocenters. The van der Waals surface area contributed by atoms with Gasteiger partial charge in [0.25, 0.3) is 5.92 Å². The molecule has 5 nitrogen and oxygen atoms in total. The molecule has 9 heteroatoms. The van der Waals surface area contributed by atoms with Crippen molar-refractivity contribution in [3.8, 4) is 5.75 Å². The zero-order chi connectivity index (χ0) is 14.1. The number of rotatable bonds is 4. The molecule has 1 aromatic rings. The van der Waals surface area contributed by atoms with Crippen LogP contribution in [0, 0.1) is 5.82 Å². The van der Waals surface area contributed by atoms with E-state index in [-0.39, 0.29) is 12.4 Å². The molecular formula is C10H11ClF3NO4. The first-order chi connectivity index (χ1) is 8.20. The Hall–Kier alpha value is -1.51. The van der Waals surface area contributed by atoms with Gasteiger partial charge in [-0.05, 0) is 12.1 Å². The Morgan fingerprint density at radius 2 is 1.95 bits per heavy atom. The number of hydrogen-bond donors (Lipinski definition) is 4. The van der Waals surface area contributed by atoms with Gasteiger partial charge in [0.1, 0.15) is 29.8 Å². The number of aromatic hydroxyl groups is 1. The van der Waals surface area contributed by atoms with Crippen molar-refractivity contribution in [3.05, 3.63) is 29.1 Å². The van der Waals surface area contributed by atoms with Crippen LogP contribution in [-0.2, 0) is 0 Å². The zero-order valence-corrected chi connectivity index (χ0v) is 10.1. The largest absolute Gasteiger partial charge is 0.507 e. The van der Waals surface area contributed by atoms with Crippen molar-refractivity contribution in [3.63, 3.8) is 0 Å². The molecule has 1 rings (SSSR count). The van der Waals surface area contributed by atoms with E-state index in [4.69, 9.17) is 15.9 Å². The number of aromatic carboxylic acids is 1. The summed E-state index contributed by atoms with van der Waals surface area (Å²) in [6, 6.07) is -1.25. The van der Waals surface area contributed by atoms with Gasteiger partial charge in [-0.15, -0.1) is 12.4 Å². The zero-order valence-electron chi connectivity index (χ0n) is 9.31. The van der Waals surface area contributed by atoms with Crippen LogP contribution < -0.4 is 5.73 Å². The van der Waals surface area contributed by atoms with E-state index in [2.05, 4.69) is 0 Å². The van der Waals surface area contributed by atoms with E-state index in [9.17, 15) is 23.1 Å². The molecule has 1 aromatic carbocycles. The minimum Gasteiger partial charge on any atom is -0.507 e. The van der Waals surface area contributed by atoms with Crippen molar-refractivity contribution in [2.45, 2.75) is 12.0 Å². The van der Waals surface area contributed by atoms with Gasteiger partial charge in [-0.3, -0.25) is 0 Å². The Balaban J connectivity index is 0.00000324. The Bertz CT molecular complexity index is 484. The van der Waals surface area contributed by atoms with Gasteiger partial charge in [-0.25, -0.2) is 18.0 Å². The smallest absolute Gasteiger partial charge is 0.339 e. The second kappa shape index (κ2) is 6.09. The van der Waals surface area contributed by atoms with Gasteiger partial charge in [-0.2, -0.15) is 0 Å². The average molecular weight is 302 g/mol. The predicted molar refractivity (Wildman–Crippen MR) is 61.2 cm³/mol. The first-order valence-electron chi connectivity index (χ1n) is 4.70. The fourth-order valence-electron chi connectivity index (χ4n) is 1.35. The molecule has 108 valence electrons. The molecule has 0 fully saturated rings. The molecule has 0 spiro atoms. The van der Waals surface area contributed by atoms with Gasteiger partial charge in [0.05, 0.1) is 0 Å². The van der Waals surface area contributed by atoms with Crippen LogP contribution in [0.5, 0.6) is 5.75 Å². The Morgan fingerprint density at radius 3 is 2.37 bits per heavy atom. The normalized spacial score (nSPS) is 12.7. The lowest BCUT2D eigenvalue weighted by atomic mass is 9.98. The lowest BCUT2D eigenvalue weighted by Crippen LogP contribution is -2.36. The fraction of sp³-hybridized carbons (Fsp3) is 0.300. The molecule has 0 aliphatic rings. The molecule has 0 aliphatic carbocycles. The van der Waals surface area contributed by atoms with Crippen LogP contribution in [-0.4, -0.2) is 33.8 Å². The van der Waals surface area contributed by atoms with Crippen LogP contribution in [0.15, 0.2) is 12.1 Å². The van der Waals surface area contributed by atoms with E-state index in [1.807, 2.05) is 0 Å². The Labute approximate surface area is 111 Å². The van der Waals surface area contributed by atoms with Crippen molar-refractivity contribution in [1.82, 2.24) is 0 Å². The standard InChI is InChI=1S/C10H10F3NO4.ClH/c11-4-1-5(8(14)10(12,13)3-15)7(16)6(2-4)9(17)18;/h1-2,8,15-16H,3,14H2,(H,17,18);1H/t8-;/m0./s1. The van der Waals surface area contributed by atoms with Gasteiger partial charge in [0.2, 0.25) is 0 Å².